The van der Waals surface area contributed by atoms with Gasteiger partial charge in [-0.15, -0.1) is 0 Å². The van der Waals surface area contributed by atoms with Gasteiger partial charge >= 0.3 is 0 Å². The second kappa shape index (κ2) is 6.91. The molecule has 7 heteroatoms. The predicted octanol–water partition coefficient (Wildman–Crippen LogP) is 3.33. The van der Waals surface area contributed by atoms with Crippen molar-refractivity contribution in [3.8, 4) is 29.1 Å². The number of phenolic OH excluding ortho intramolecular Hbond substituents is 1. The molecule has 2 heterocycles. The molecule has 0 amide bonds. The molecule has 3 rings (SSSR count). The van der Waals surface area contributed by atoms with Crippen LogP contribution < -0.4 is 5.73 Å². The minimum atomic E-state index is 0.0140. The number of nitrogen functional groups attached to an aromatic ring is 1. The first-order valence-electron chi connectivity index (χ1n) is 7.16. The van der Waals surface area contributed by atoms with Crippen molar-refractivity contribution in [3.63, 3.8) is 0 Å². The normalized spacial score (nSPS) is 10.0. The first-order chi connectivity index (χ1) is 12.2. The predicted molar refractivity (Wildman–Crippen MR) is 93.5 cm³/mol. The van der Waals surface area contributed by atoms with E-state index in [2.05, 4.69) is 16.0 Å². The topological polar surface area (TPSA) is 120 Å². The van der Waals surface area contributed by atoms with E-state index in [0.29, 0.717) is 21.2 Å². The highest BCUT2D eigenvalue weighted by molar-refractivity contribution is 7.99. The van der Waals surface area contributed by atoms with Crippen LogP contribution in [0.1, 0.15) is 11.1 Å². The summed E-state index contributed by atoms with van der Waals surface area (Å²) in [5.41, 5.74) is 7.04. The zero-order valence-electron chi connectivity index (χ0n) is 12.8. The van der Waals surface area contributed by atoms with Gasteiger partial charge in [0.1, 0.15) is 34.3 Å². The molecule has 120 valence electrons. The maximum atomic E-state index is 9.96. The lowest BCUT2D eigenvalue weighted by Gasteiger charge is -2.12. The fourth-order valence-electron chi connectivity index (χ4n) is 2.29. The summed E-state index contributed by atoms with van der Waals surface area (Å²) >= 11 is 1.11. The Morgan fingerprint density at radius 3 is 2.36 bits per heavy atom. The van der Waals surface area contributed by atoms with Crippen LogP contribution in [0.2, 0.25) is 0 Å². The van der Waals surface area contributed by atoms with Crippen molar-refractivity contribution in [2.24, 2.45) is 0 Å². The van der Waals surface area contributed by atoms with Crippen LogP contribution in [0.25, 0.3) is 11.3 Å². The van der Waals surface area contributed by atoms with E-state index in [9.17, 15) is 15.6 Å². The molecule has 0 unspecified atom stereocenters. The number of hydrogen-bond donors (Lipinski definition) is 2. The molecule has 0 fully saturated rings. The van der Waals surface area contributed by atoms with Crippen LogP contribution in [0, 0.1) is 22.7 Å². The number of pyridine rings is 2. The van der Waals surface area contributed by atoms with Gasteiger partial charge in [0.2, 0.25) is 0 Å². The maximum Gasteiger partial charge on any atom is 0.143 e. The first kappa shape index (κ1) is 16.3. The average molecular weight is 345 g/mol. The monoisotopic (exact) mass is 345 g/mol. The average Bonchev–Trinajstić information content (AvgIpc) is 2.64. The third kappa shape index (κ3) is 3.09. The number of aromatic nitrogens is 2. The van der Waals surface area contributed by atoms with Gasteiger partial charge in [-0.3, -0.25) is 4.98 Å². The number of rotatable bonds is 3. The molecule has 3 N–H and O–H groups in total. The van der Waals surface area contributed by atoms with Crippen molar-refractivity contribution in [2.45, 2.75) is 9.92 Å². The Morgan fingerprint density at radius 1 is 1.00 bits per heavy atom. The number of nitrogens with zero attached hydrogens (tertiary/aromatic N) is 4. The van der Waals surface area contributed by atoms with Crippen LogP contribution in [0.3, 0.4) is 0 Å². The van der Waals surface area contributed by atoms with E-state index < -0.39 is 0 Å². The number of benzene rings is 1. The smallest absolute Gasteiger partial charge is 0.143 e. The van der Waals surface area contributed by atoms with Gasteiger partial charge in [0, 0.05) is 11.8 Å². The van der Waals surface area contributed by atoms with Gasteiger partial charge in [0.05, 0.1) is 16.2 Å². The Labute approximate surface area is 148 Å². The Bertz CT molecular complexity index is 1020. The van der Waals surface area contributed by atoms with Crippen LogP contribution >= 0.6 is 11.8 Å². The van der Waals surface area contributed by atoms with Gasteiger partial charge in [-0.05, 0) is 24.3 Å². The number of para-hydroxylation sites is 1. The summed E-state index contributed by atoms with van der Waals surface area (Å²) in [5.74, 6) is 0.0839. The second-order valence-corrected chi connectivity index (χ2v) is 5.97. The number of aromatic hydroxyl groups is 1. The number of hydrogen-bond acceptors (Lipinski definition) is 7. The largest absolute Gasteiger partial charge is 0.507 e. The van der Waals surface area contributed by atoms with Gasteiger partial charge in [-0.2, -0.15) is 10.5 Å². The molecular formula is C18H11N5OS. The zero-order chi connectivity index (χ0) is 17.8. The molecule has 2 aromatic heterocycles. The van der Waals surface area contributed by atoms with Gasteiger partial charge in [-0.1, -0.05) is 30.0 Å². The van der Waals surface area contributed by atoms with Gasteiger partial charge in [0.25, 0.3) is 0 Å². The second-order valence-electron chi connectivity index (χ2n) is 4.94. The summed E-state index contributed by atoms with van der Waals surface area (Å²) in [5, 5.41) is 29.4. The lowest BCUT2D eigenvalue weighted by Crippen LogP contribution is -2.03. The standard InChI is InChI=1S/C18H11N5OS/c19-9-11-16(13-5-3-4-8-22-13)12(10-20)18(23-17(11)21)25-15-7-2-1-6-14(15)24/h1-8,24H,(H2,21,23). The van der Waals surface area contributed by atoms with Crippen molar-refractivity contribution >= 4 is 17.6 Å². The fourth-order valence-corrected chi connectivity index (χ4v) is 3.21. The maximum absolute atomic E-state index is 9.96. The molecule has 0 radical (unpaired) electrons. The van der Waals surface area contributed by atoms with E-state index in [-0.39, 0.29) is 22.7 Å². The van der Waals surface area contributed by atoms with Crippen LogP contribution in [-0.2, 0) is 0 Å². The van der Waals surface area contributed by atoms with Crippen molar-refractivity contribution in [1.82, 2.24) is 9.97 Å². The van der Waals surface area contributed by atoms with Gasteiger partial charge in [-0.25, -0.2) is 4.98 Å². The molecule has 0 atom stereocenters. The Hall–Kier alpha value is -3.55. The fraction of sp³-hybridized carbons (Fsp3) is 0. The highest BCUT2D eigenvalue weighted by Gasteiger charge is 2.22. The van der Waals surface area contributed by atoms with E-state index in [4.69, 9.17) is 5.73 Å². The molecule has 0 aliphatic rings. The summed E-state index contributed by atoms with van der Waals surface area (Å²) in [6.45, 7) is 0. The Balaban J connectivity index is 2.25. The van der Waals surface area contributed by atoms with Crippen molar-refractivity contribution < 1.29 is 5.11 Å². The highest BCUT2D eigenvalue weighted by Crippen LogP contribution is 2.39. The van der Waals surface area contributed by atoms with Crippen molar-refractivity contribution in [2.75, 3.05) is 5.73 Å². The highest BCUT2D eigenvalue weighted by atomic mass is 32.2. The molecule has 0 bridgehead atoms. The summed E-state index contributed by atoms with van der Waals surface area (Å²) in [7, 11) is 0. The minimum absolute atomic E-state index is 0.0140. The molecule has 1 aromatic carbocycles. The molecule has 25 heavy (non-hydrogen) atoms. The number of phenols is 1. The summed E-state index contributed by atoms with van der Waals surface area (Å²) in [6, 6.07) is 16.0. The Morgan fingerprint density at radius 2 is 1.72 bits per heavy atom. The Kier molecular flexibility index (Phi) is 4.51. The van der Waals surface area contributed by atoms with E-state index in [1.807, 2.05) is 6.07 Å². The first-order valence-corrected chi connectivity index (χ1v) is 7.98. The van der Waals surface area contributed by atoms with Gasteiger partial charge in [0.15, 0.2) is 0 Å². The molecular weight excluding hydrogens is 334 g/mol. The molecule has 0 saturated carbocycles. The molecule has 0 saturated heterocycles. The van der Waals surface area contributed by atoms with Crippen LogP contribution in [0.5, 0.6) is 5.75 Å². The van der Waals surface area contributed by atoms with E-state index >= 15 is 0 Å². The molecule has 0 spiro atoms. The molecule has 0 aliphatic carbocycles. The summed E-state index contributed by atoms with van der Waals surface area (Å²) in [4.78, 5) is 8.95. The van der Waals surface area contributed by atoms with Gasteiger partial charge < -0.3 is 10.8 Å². The van der Waals surface area contributed by atoms with Crippen LogP contribution in [-0.4, -0.2) is 15.1 Å². The zero-order valence-corrected chi connectivity index (χ0v) is 13.7. The minimum Gasteiger partial charge on any atom is -0.507 e. The summed E-state index contributed by atoms with van der Waals surface area (Å²) < 4.78 is 0. The summed E-state index contributed by atoms with van der Waals surface area (Å²) in [6.07, 6.45) is 1.57. The molecule has 3 aromatic rings. The number of anilines is 1. The van der Waals surface area contributed by atoms with E-state index in [1.54, 1.807) is 48.7 Å². The van der Waals surface area contributed by atoms with E-state index in [1.165, 1.54) is 0 Å². The quantitative estimate of drug-likeness (QED) is 0.747. The van der Waals surface area contributed by atoms with Crippen molar-refractivity contribution in [3.05, 3.63) is 59.8 Å². The number of nitrogens with two attached hydrogens (primary N) is 1. The molecule has 0 aliphatic heterocycles. The SMILES string of the molecule is N#Cc1c(N)nc(Sc2ccccc2O)c(C#N)c1-c1ccccn1. The number of nitriles is 2. The lowest BCUT2D eigenvalue weighted by atomic mass is 10.0. The third-order valence-corrected chi connectivity index (χ3v) is 4.46. The van der Waals surface area contributed by atoms with E-state index in [0.717, 1.165) is 11.8 Å². The van der Waals surface area contributed by atoms with Crippen LogP contribution in [0.15, 0.2) is 58.6 Å². The van der Waals surface area contributed by atoms with Crippen molar-refractivity contribution in [1.29, 1.82) is 10.5 Å². The van der Waals surface area contributed by atoms with Crippen LogP contribution in [0.4, 0.5) is 5.82 Å². The molecule has 6 nitrogen and oxygen atoms in total. The lowest BCUT2D eigenvalue weighted by molar-refractivity contribution is 0.462. The third-order valence-electron chi connectivity index (χ3n) is 3.41.